The molecular formula is C18H18ClN5O. The lowest BCUT2D eigenvalue weighted by molar-refractivity contribution is 0.0949. The van der Waals surface area contributed by atoms with Crippen molar-refractivity contribution in [2.45, 2.75) is 19.8 Å². The van der Waals surface area contributed by atoms with Gasteiger partial charge in [-0.3, -0.25) is 9.78 Å². The molecule has 6 nitrogen and oxygen atoms in total. The molecule has 7 heteroatoms. The highest BCUT2D eigenvalue weighted by Crippen LogP contribution is 2.25. The van der Waals surface area contributed by atoms with Crippen LogP contribution < -0.4 is 5.32 Å². The van der Waals surface area contributed by atoms with Gasteiger partial charge >= 0.3 is 0 Å². The Hall–Kier alpha value is -2.73. The van der Waals surface area contributed by atoms with Crippen LogP contribution in [0.4, 0.5) is 0 Å². The predicted molar refractivity (Wildman–Crippen MR) is 96.8 cm³/mol. The van der Waals surface area contributed by atoms with E-state index in [0.29, 0.717) is 17.3 Å². The number of hydrogen-bond donors (Lipinski definition) is 1. The van der Waals surface area contributed by atoms with Crippen LogP contribution in [0.5, 0.6) is 0 Å². The molecular weight excluding hydrogens is 338 g/mol. The second-order valence-electron chi connectivity index (χ2n) is 5.53. The summed E-state index contributed by atoms with van der Waals surface area (Å²) in [6.07, 6.45) is 5.29. The van der Waals surface area contributed by atoms with Gasteiger partial charge in [-0.25, -0.2) is 4.68 Å². The first-order chi connectivity index (χ1) is 12.2. The fourth-order valence-corrected chi connectivity index (χ4v) is 2.55. The number of benzene rings is 1. The molecule has 1 N–H and O–H groups in total. The standard InChI is InChI=1S/C18H18ClN5O/c1-2-3-11-21-18(25)16-17(13-5-4-10-20-12-13)24(23-22-16)15-8-6-14(19)7-9-15/h4-10,12H,2-3,11H2,1H3,(H,21,25). The monoisotopic (exact) mass is 355 g/mol. The van der Waals surface area contributed by atoms with E-state index in [9.17, 15) is 4.79 Å². The maximum Gasteiger partial charge on any atom is 0.274 e. The Morgan fingerprint density at radius 1 is 1.24 bits per heavy atom. The molecule has 0 aliphatic carbocycles. The van der Waals surface area contributed by atoms with Crippen molar-refractivity contribution in [1.82, 2.24) is 25.3 Å². The van der Waals surface area contributed by atoms with Gasteiger partial charge in [0.1, 0.15) is 5.69 Å². The molecule has 1 amide bonds. The first-order valence-corrected chi connectivity index (χ1v) is 8.48. The minimum absolute atomic E-state index is 0.243. The molecule has 0 fully saturated rings. The predicted octanol–water partition coefficient (Wildman–Crippen LogP) is 3.51. The van der Waals surface area contributed by atoms with Gasteiger partial charge in [0.15, 0.2) is 5.69 Å². The summed E-state index contributed by atoms with van der Waals surface area (Å²) in [5, 5.41) is 11.8. The molecule has 0 atom stereocenters. The highest BCUT2D eigenvalue weighted by Gasteiger charge is 2.22. The maximum absolute atomic E-state index is 12.5. The summed E-state index contributed by atoms with van der Waals surface area (Å²) in [6.45, 7) is 2.68. The fourth-order valence-electron chi connectivity index (χ4n) is 2.42. The Morgan fingerprint density at radius 3 is 2.72 bits per heavy atom. The number of carbonyl (C=O) groups is 1. The van der Waals surface area contributed by atoms with Crippen LogP contribution in [0.15, 0.2) is 48.8 Å². The van der Waals surface area contributed by atoms with Crippen molar-refractivity contribution in [3.05, 3.63) is 59.5 Å². The van der Waals surface area contributed by atoms with Gasteiger partial charge < -0.3 is 5.32 Å². The third kappa shape index (κ3) is 3.85. The van der Waals surface area contributed by atoms with E-state index in [4.69, 9.17) is 11.6 Å². The average Bonchev–Trinajstić information content (AvgIpc) is 3.08. The number of rotatable bonds is 6. The molecule has 0 aliphatic heterocycles. The van der Waals surface area contributed by atoms with Gasteiger partial charge in [0, 0.05) is 29.5 Å². The molecule has 0 radical (unpaired) electrons. The van der Waals surface area contributed by atoms with E-state index in [-0.39, 0.29) is 11.6 Å². The van der Waals surface area contributed by atoms with Crippen LogP contribution in [-0.4, -0.2) is 32.4 Å². The molecule has 0 unspecified atom stereocenters. The number of aromatic nitrogens is 4. The van der Waals surface area contributed by atoms with Crippen molar-refractivity contribution >= 4 is 17.5 Å². The van der Waals surface area contributed by atoms with Gasteiger partial charge in [0.05, 0.1) is 5.69 Å². The minimum atomic E-state index is -0.243. The molecule has 0 saturated heterocycles. The molecule has 0 aliphatic rings. The van der Waals surface area contributed by atoms with Crippen LogP contribution in [0.25, 0.3) is 16.9 Å². The number of halogens is 1. The number of pyridine rings is 1. The second kappa shape index (κ2) is 7.90. The fraction of sp³-hybridized carbons (Fsp3) is 0.222. The number of nitrogens with one attached hydrogen (secondary N) is 1. The molecule has 0 saturated carbocycles. The lowest BCUT2D eigenvalue weighted by Crippen LogP contribution is -2.25. The van der Waals surface area contributed by atoms with E-state index in [1.807, 2.05) is 24.3 Å². The van der Waals surface area contributed by atoms with Gasteiger partial charge in [-0.15, -0.1) is 5.10 Å². The van der Waals surface area contributed by atoms with Crippen molar-refractivity contribution in [1.29, 1.82) is 0 Å². The number of amides is 1. The molecule has 0 bridgehead atoms. The van der Waals surface area contributed by atoms with Crippen molar-refractivity contribution in [3.8, 4) is 16.9 Å². The largest absolute Gasteiger partial charge is 0.351 e. The van der Waals surface area contributed by atoms with Gasteiger partial charge in [0.2, 0.25) is 0 Å². The van der Waals surface area contributed by atoms with Crippen molar-refractivity contribution in [3.63, 3.8) is 0 Å². The Bertz CT molecular complexity index is 846. The first kappa shape index (κ1) is 17.1. The lowest BCUT2D eigenvalue weighted by atomic mass is 10.1. The summed E-state index contributed by atoms with van der Waals surface area (Å²) in [7, 11) is 0. The Balaban J connectivity index is 2.04. The van der Waals surface area contributed by atoms with Gasteiger partial charge in [-0.05, 0) is 42.8 Å². The van der Waals surface area contributed by atoms with E-state index in [1.165, 1.54) is 0 Å². The zero-order chi connectivity index (χ0) is 17.6. The van der Waals surface area contributed by atoms with E-state index in [2.05, 4.69) is 27.5 Å². The number of carbonyl (C=O) groups excluding carboxylic acids is 1. The molecule has 2 aromatic heterocycles. The molecule has 3 aromatic rings. The molecule has 25 heavy (non-hydrogen) atoms. The van der Waals surface area contributed by atoms with Gasteiger partial charge in [0.25, 0.3) is 5.91 Å². The van der Waals surface area contributed by atoms with Crippen molar-refractivity contribution in [2.24, 2.45) is 0 Å². The smallest absolute Gasteiger partial charge is 0.274 e. The van der Waals surface area contributed by atoms with Crippen LogP contribution in [-0.2, 0) is 0 Å². The topological polar surface area (TPSA) is 72.7 Å². The molecule has 1 aromatic carbocycles. The van der Waals surface area contributed by atoms with Crippen molar-refractivity contribution < 1.29 is 4.79 Å². The third-order valence-corrected chi connectivity index (χ3v) is 3.96. The minimum Gasteiger partial charge on any atom is -0.351 e. The van der Waals surface area contributed by atoms with Crippen LogP contribution in [0.1, 0.15) is 30.3 Å². The molecule has 2 heterocycles. The molecule has 3 rings (SSSR count). The summed E-state index contributed by atoms with van der Waals surface area (Å²) >= 11 is 5.96. The average molecular weight is 356 g/mol. The van der Waals surface area contributed by atoms with Crippen LogP contribution in [0, 0.1) is 0 Å². The molecule has 128 valence electrons. The zero-order valence-electron chi connectivity index (χ0n) is 13.8. The summed E-state index contributed by atoms with van der Waals surface area (Å²) in [4.78, 5) is 16.7. The van der Waals surface area contributed by atoms with Gasteiger partial charge in [-0.2, -0.15) is 0 Å². The van der Waals surface area contributed by atoms with Crippen LogP contribution in [0.2, 0.25) is 5.02 Å². The number of unbranched alkanes of at least 4 members (excludes halogenated alkanes) is 1. The zero-order valence-corrected chi connectivity index (χ0v) is 14.6. The Kier molecular flexibility index (Phi) is 5.40. The maximum atomic E-state index is 12.5. The molecule has 0 spiro atoms. The first-order valence-electron chi connectivity index (χ1n) is 8.11. The number of nitrogens with zero attached hydrogens (tertiary/aromatic N) is 4. The van der Waals surface area contributed by atoms with Gasteiger partial charge in [-0.1, -0.05) is 30.2 Å². The lowest BCUT2D eigenvalue weighted by Gasteiger charge is -2.08. The van der Waals surface area contributed by atoms with E-state index >= 15 is 0 Å². The SMILES string of the molecule is CCCCNC(=O)c1nnn(-c2ccc(Cl)cc2)c1-c1cccnc1. The quantitative estimate of drug-likeness (QED) is 0.687. The van der Waals surface area contributed by atoms with Crippen LogP contribution in [0.3, 0.4) is 0 Å². The summed E-state index contributed by atoms with van der Waals surface area (Å²) in [5.41, 5.74) is 2.41. The van der Waals surface area contributed by atoms with Crippen molar-refractivity contribution in [2.75, 3.05) is 6.54 Å². The van der Waals surface area contributed by atoms with Crippen LogP contribution >= 0.6 is 11.6 Å². The summed E-state index contributed by atoms with van der Waals surface area (Å²) in [5.74, 6) is -0.243. The third-order valence-electron chi connectivity index (χ3n) is 3.71. The highest BCUT2D eigenvalue weighted by molar-refractivity contribution is 6.30. The Labute approximate surface area is 150 Å². The van der Waals surface area contributed by atoms with E-state index in [1.54, 1.807) is 29.2 Å². The van der Waals surface area contributed by atoms with E-state index < -0.39 is 0 Å². The number of hydrogen-bond acceptors (Lipinski definition) is 4. The van der Waals surface area contributed by atoms with E-state index in [0.717, 1.165) is 24.1 Å². The summed E-state index contributed by atoms with van der Waals surface area (Å²) in [6, 6.07) is 10.9. The second-order valence-corrected chi connectivity index (χ2v) is 5.96. The summed E-state index contributed by atoms with van der Waals surface area (Å²) < 4.78 is 1.63. The highest BCUT2D eigenvalue weighted by atomic mass is 35.5. The Morgan fingerprint density at radius 2 is 2.04 bits per heavy atom. The normalized spacial score (nSPS) is 10.6.